The summed E-state index contributed by atoms with van der Waals surface area (Å²) in [5.74, 6) is 0.945. The zero-order valence-corrected chi connectivity index (χ0v) is 13.8. The van der Waals surface area contributed by atoms with Crippen molar-refractivity contribution in [2.24, 2.45) is 4.99 Å². The van der Waals surface area contributed by atoms with Crippen LogP contribution in [0.5, 0.6) is 0 Å². The summed E-state index contributed by atoms with van der Waals surface area (Å²) in [5.41, 5.74) is 2.60. The Morgan fingerprint density at radius 1 is 1.26 bits per heavy atom. The van der Waals surface area contributed by atoms with E-state index in [2.05, 4.69) is 65.2 Å². The summed E-state index contributed by atoms with van der Waals surface area (Å²) in [7, 11) is 0. The van der Waals surface area contributed by atoms with Gasteiger partial charge in [0.15, 0.2) is 5.96 Å². The topological polar surface area (TPSA) is 52.2 Å². The van der Waals surface area contributed by atoms with Gasteiger partial charge in [-0.1, -0.05) is 30.4 Å². The first-order valence-corrected chi connectivity index (χ1v) is 8.61. The Morgan fingerprint density at radius 3 is 2.91 bits per heavy atom. The molecule has 122 valence electrons. The third kappa shape index (κ3) is 4.15. The number of aliphatic imine (C=N–C) groups is 1. The highest BCUT2D eigenvalue weighted by atomic mass is 15.2. The first-order chi connectivity index (χ1) is 11.4. The van der Waals surface area contributed by atoms with Gasteiger partial charge in [0.05, 0.1) is 0 Å². The van der Waals surface area contributed by atoms with Crippen LogP contribution in [0, 0.1) is 0 Å². The second kappa shape index (κ2) is 7.86. The molecule has 1 heterocycles. The van der Waals surface area contributed by atoms with Crippen LogP contribution in [0.15, 0.2) is 47.6 Å². The second-order valence-corrected chi connectivity index (χ2v) is 6.01. The maximum atomic E-state index is 4.71. The zero-order valence-electron chi connectivity index (χ0n) is 13.8. The molecule has 3 rings (SSSR count). The van der Waals surface area contributed by atoms with Crippen molar-refractivity contribution in [3.63, 3.8) is 0 Å². The number of aromatic amines is 1. The fourth-order valence-corrected chi connectivity index (χ4v) is 3.05. The Morgan fingerprint density at radius 2 is 2.09 bits per heavy atom. The molecule has 0 saturated carbocycles. The number of hydrogen-bond acceptors (Lipinski definition) is 1. The van der Waals surface area contributed by atoms with Crippen molar-refractivity contribution in [1.82, 2.24) is 15.6 Å². The number of aryl methyl sites for hydroxylation is 1. The van der Waals surface area contributed by atoms with Crippen LogP contribution < -0.4 is 10.6 Å². The predicted octanol–water partition coefficient (Wildman–Crippen LogP) is 3.37. The number of H-pyrrole nitrogens is 1. The third-order valence-electron chi connectivity index (χ3n) is 4.24. The van der Waals surface area contributed by atoms with Gasteiger partial charge in [0.2, 0.25) is 0 Å². The summed E-state index contributed by atoms with van der Waals surface area (Å²) in [6.07, 6.45) is 10.9. The highest BCUT2D eigenvalue weighted by Gasteiger charge is 2.11. The monoisotopic (exact) mass is 310 g/mol. The fourth-order valence-electron chi connectivity index (χ4n) is 3.05. The quantitative estimate of drug-likeness (QED) is 0.332. The summed E-state index contributed by atoms with van der Waals surface area (Å²) in [5, 5.41) is 8.18. The van der Waals surface area contributed by atoms with Gasteiger partial charge in [0.1, 0.15) is 0 Å². The Balaban J connectivity index is 1.51. The molecular formula is C19H26N4. The number of fused-ring (bicyclic) bond motifs is 1. The van der Waals surface area contributed by atoms with Gasteiger partial charge in [-0.2, -0.15) is 0 Å². The molecule has 4 heteroatoms. The Hall–Kier alpha value is -2.23. The van der Waals surface area contributed by atoms with E-state index in [1.165, 1.54) is 16.5 Å². The summed E-state index contributed by atoms with van der Waals surface area (Å²) >= 11 is 0. The third-order valence-corrected chi connectivity index (χ3v) is 4.24. The van der Waals surface area contributed by atoms with Gasteiger partial charge in [0.25, 0.3) is 0 Å². The van der Waals surface area contributed by atoms with E-state index >= 15 is 0 Å². The van der Waals surface area contributed by atoms with Crippen molar-refractivity contribution < 1.29 is 0 Å². The average Bonchev–Trinajstić information content (AvgIpc) is 3.21. The van der Waals surface area contributed by atoms with Gasteiger partial charge < -0.3 is 15.6 Å². The molecular weight excluding hydrogens is 284 g/mol. The van der Waals surface area contributed by atoms with Crippen LogP contribution in [0.4, 0.5) is 0 Å². The molecule has 1 aliphatic rings. The summed E-state index contributed by atoms with van der Waals surface area (Å²) in [6.45, 7) is 3.85. The molecule has 3 N–H and O–H groups in total. The van der Waals surface area contributed by atoms with Crippen molar-refractivity contribution >= 4 is 16.9 Å². The molecule has 1 aliphatic carbocycles. The number of hydrogen-bond donors (Lipinski definition) is 3. The normalized spacial score (nSPS) is 15.4. The number of nitrogens with zero attached hydrogens (tertiary/aromatic N) is 1. The molecule has 0 aliphatic heterocycles. The smallest absolute Gasteiger partial charge is 0.191 e. The van der Waals surface area contributed by atoms with E-state index in [1.807, 2.05) is 0 Å². The summed E-state index contributed by atoms with van der Waals surface area (Å²) < 4.78 is 0. The minimum Gasteiger partial charge on any atom is -0.361 e. The van der Waals surface area contributed by atoms with Crippen molar-refractivity contribution in [2.45, 2.75) is 38.6 Å². The first-order valence-electron chi connectivity index (χ1n) is 8.61. The highest BCUT2D eigenvalue weighted by molar-refractivity contribution is 5.83. The lowest BCUT2D eigenvalue weighted by Crippen LogP contribution is -2.42. The van der Waals surface area contributed by atoms with Crippen molar-refractivity contribution in [3.05, 3.63) is 48.2 Å². The van der Waals surface area contributed by atoms with E-state index in [9.17, 15) is 0 Å². The van der Waals surface area contributed by atoms with Gasteiger partial charge in [-0.15, -0.1) is 0 Å². The molecule has 23 heavy (non-hydrogen) atoms. The van der Waals surface area contributed by atoms with Crippen LogP contribution in [-0.2, 0) is 6.42 Å². The molecule has 0 bridgehead atoms. The minimum atomic E-state index is 0.501. The molecule has 0 atom stereocenters. The zero-order chi connectivity index (χ0) is 15.9. The summed E-state index contributed by atoms with van der Waals surface area (Å²) in [4.78, 5) is 8.05. The lowest BCUT2D eigenvalue weighted by molar-refractivity contribution is 0.632. The second-order valence-electron chi connectivity index (χ2n) is 6.01. The number of para-hydroxylation sites is 1. The Labute approximate surface area is 138 Å². The van der Waals surface area contributed by atoms with Crippen LogP contribution in [0.25, 0.3) is 10.9 Å². The fraction of sp³-hybridized carbons (Fsp3) is 0.421. The molecule has 0 radical (unpaired) electrons. The Bertz CT molecular complexity index is 675. The van der Waals surface area contributed by atoms with Crippen LogP contribution >= 0.6 is 0 Å². The van der Waals surface area contributed by atoms with E-state index in [4.69, 9.17) is 4.99 Å². The van der Waals surface area contributed by atoms with Crippen LogP contribution in [0.3, 0.4) is 0 Å². The molecule has 0 unspecified atom stereocenters. The van der Waals surface area contributed by atoms with Gasteiger partial charge in [-0.05, 0) is 44.2 Å². The van der Waals surface area contributed by atoms with Gasteiger partial charge >= 0.3 is 0 Å². The largest absolute Gasteiger partial charge is 0.361 e. The molecule has 0 saturated heterocycles. The molecule has 1 aromatic heterocycles. The van der Waals surface area contributed by atoms with E-state index in [0.29, 0.717) is 6.04 Å². The van der Waals surface area contributed by atoms with Crippen LogP contribution in [0.1, 0.15) is 31.7 Å². The highest BCUT2D eigenvalue weighted by Crippen LogP contribution is 2.18. The average molecular weight is 310 g/mol. The first kappa shape index (κ1) is 15.7. The van der Waals surface area contributed by atoms with Gasteiger partial charge in [-0.3, -0.25) is 4.99 Å². The lowest BCUT2D eigenvalue weighted by Gasteiger charge is -2.16. The van der Waals surface area contributed by atoms with E-state index in [0.717, 1.165) is 44.7 Å². The number of aromatic nitrogens is 1. The lowest BCUT2D eigenvalue weighted by atomic mass is 10.1. The SMILES string of the molecule is CCNC(=NCCCc1c[nH]c2ccccc12)NC1CC=CC1. The predicted molar refractivity (Wildman–Crippen MR) is 97.9 cm³/mol. The van der Waals surface area contributed by atoms with Crippen molar-refractivity contribution in [1.29, 1.82) is 0 Å². The maximum Gasteiger partial charge on any atom is 0.191 e. The number of rotatable bonds is 6. The molecule has 0 amide bonds. The molecule has 4 nitrogen and oxygen atoms in total. The molecule has 0 fully saturated rings. The Kier molecular flexibility index (Phi) is 5.35. The van der Waals surface area contributed by atoms with Crippen molar-refractivity contribution in [3.8, 4) is 0 Å². The summed E-state index contributed by atoms with van der Waals surface area (Å²) in [6, 6.07) is 8.98. The van der Waals surface area contributed by atoms with Gasteiger partial charge in [0, 0.05) is 36.2 Å². The van der Waals surface area contributed by atoms with E-state index in [1.54, 1.807) is 0 Å². The maximum absolute atomic E-state index is 4.71. The number of nitrogens with one attached hydrogen (secondary N) is 3. The number of benzene rings is 1. The molecule has 2 aromatic rings. The number of guanidine groups is 1. The molecule has 0 spiro atoms. The van der Waals surface area contributed by atoms with Gasteiger partial charge in [-0.25, -0.2) is 0 Å². The minimum absolute atomic E-state index is 0.501. The van der Waals surface area contributed by atoms with Crippen LogP contribution in [-0.4, -0.2) is 30.1 Å². The van der Waals surface area contributed by atoms with E-state index in [-0.39, 0.29) is 0 Å². The standard InChI is InChI=1S/C19H26N4/c1-2-20-19(23-16-9-3-4-10-16)21-13-7-8-15-14-22-18-12-6-5-11-17(15)18/h3-6,11-12,14,16,22H,2,7-10,13H2,1H3,(H2,20,21,23). The van der Waals surface area contributed by atoms with Crippen LogP contribution in [0.2, 0.25) is 0 Å². The van der Waals surface area contributed by atoms with Crippen molar-refractivity contribution in [2.75, 3.05) is 13.1 Å². The molecule has 1 aromatic carbocycles. The van der Waals surface area contributed by atoms with E-state index < -0.39 is 0 Å².